The molecule has 0 aromatic carbocycles. The van der Waals surface area contributed by atoms with Crippen LogP contribution in [0.1, 0.15) is 11.3 Å². The van der Waals surface area contributed by atoms with Gasteiger partial charge in [-0.3, -0.25) is 9.55 Å². The highest BCUT2D eigenvalue weighted by molar-refractivity contribution is 8.01. The van der Waals surface area contributed by atoms with Gasteiger partial charge in [0.25, 0.3) is 0 Å². The lowest BCUT2D eigenvalue weighted by Crippen LogP contribution is -2.03. The summed E-state index contributed by atoms with van der Waals surface area (Å²) in [6.45, 7) is 0.445. The molecule has 0 N–H and O–H groups in total. The smallest absolute Gasteiger partial charge is 0.197 e. The van der Waals surface area contributed by atoms with E-state index in [0.717, 1.165) is 22.9 Å². The summed E-state index contributed by atoms with van der Waals surface area (Å²) in [5.41, 5.74) is 1.18. The van der Waals surface area contributed by atoms with Gasteiger partial charge in [0.2, 0.25) is 0 Å². The van der Waals surface area contributed by atoms with Gasteiger partial charge >= 0.3 is 0 Å². The van der Waals surface area contributed by atoms with E-state index in [1.54, 1.807) is 18.7 Å². The van der Waals surface area contributed by atoms with E-state index in [9.17, 15) is 5.26 Å². The van der Waals surface area contributed by atoms with E-state index in [1.165, 1.54) is 11.8 Å². The molecule has 0 unspecified atom stereocenters. The number of hydrogen-bond acceptors (Lipinski definition) is 8. The Balaban J connectivity index is 1.77. The maximum Gasteiger partial charge on any atom is 0.197 e. The summed E-state index contributed by atoms with van der Waals surface area (Å²) in [4.78, 5) is 4.14. The van der Waals surface area contributed by atoms with E-state index in [1.807, 2.05) is 28.8 Å². The van der Waals surface area contributed by atoms with Crippen LogP contribution >= 0.6 is 34.9 Å². The molecule has 0 aliphatic carbocycles. The molecule has 0 radical (unpaired) electrons. The second kappa shape index (κ2) is 7.29. The third-order valence-corrected chi connectivity index (χ3v) is 5.81. The van der Waals surface area contributed by atoms with Gasteiger partial charge in [-0.15, -0.1) is 10.2 Å². The lowest BCUT2D eigenvalue weighted by Gasteiger charge is -2.08. The second-order valence-corrected chi connectivity index (χ2v) is 7.43. The van der Waals surface area contributed by atoms with Crippen LogP contribution in [0.15, 0.2) is 56.7 Å². The highest BCUT2D eigenvalue weighted by Gasteiger charge is 2.20. The van der Waals surface area contributed by atoms with Crippen molar-refractivity contribution in [3.63, 3.8) is 0 Å². The van der Waals surface area contributed by atoms with Crippen LogP contribution in [0, 0.1) is 11.3 Å². The molecule has 4 aromatic heterocycles. The number of aromatic nitrogens is 5. The van der Waals surface area contributed by atoms with Crippen molar-refractivity contribution < 1.29 is 4.42 Å². The van der Waals surface area contributed by atoms with Crippen LogP contribution in [0.5, 0.6) is 0 Å². The van der Waals surface area contributed by atoms with Crippen molar-refractivity contribution in [2.45, 2.75) is 15.9 Å². The van der Waals surface area contributed by atoms with E-state index in [-0.39, 0.29) is 5.15 Å². The zero-order valence-corrected chi connectivity index (χ0v) is 15.4. The Hall–Kier alpha value is -2.67. The van der Waals surface area contributed by atoms with Gasteiger partial charge in [-0.2, -0.15) is 9.64 Å². The van der Waals surface area contributed by atoms with Crippen LogP contribution in [0.4, 0.5) is 0 Å². The molecular formula is C16H9ClN6OS2. The molecule has 7 nitrogen and oxygen atoms in total. The van der Waals surface area contributed by atoms with Gasteiger partial charge in [0.1, 0.15) is 21.6 Å². The Morgan fingerprint density at radius 1 is 1.31 bits per heavy atom. The van der Waals surface area contributed by atoms with E-state index >= 15 is 0 Å². The lowest BCUT2D eigenvalue weighted by molar-refractivity contribution is 0.485. The fourth-order valence-corrected chi connectivity index (χ4v) is 4.35. The molecule has 0 saturated heterocycles. The van der Waals surface area contributed by atoms with Crippen molar-refractivity contribution in [1.29, 1.82) is 5.26 Å². The van der Waals surface area contributed by atoms with Crippen LogP contribution in [0.3, 0.4) is 0 Å². The Kier molecular flexibility index (Phi) is 4.71. The maximum atomic E-state index is 9.28. The third-order valence-electron chi connectivity index (χ3n) is 3.45. The summed E-state index contributed by atoms with van der Waals surface area (Å²) in [7, 11) is 0. The highest BCUT2D eigenvalue weighted by Crippen LogP contribution is 2.37. The van der Waals surface area contributed by atoms with Gasteiger partial charge < -0.3 is 4.42 Å². The van der Waals surface area contributed by atoms with Gasteiger partial charge in [0.05, 0.1) is 12.8 Å². The molecule has 4 heterocycles. The molecule has 4 aromatic rings. The molecule has 0 saturated carbocycles. The number of furan rings is 1. The van der Waals surface area contributed by atoms with Crippen LogP contribution in [-0.2, 0) is 6.54 Å². The predicted molar refractivity (Wildman–Crippen MR) is 97.0 cm³/mol. The minimum atomic E-state index is 0.199. The molecule has 0 atom stereocenters. The fourth-order valence-electron chi connectivity index (χ4n) is 2.28. The number of rotatable bonds is 5. The third kappa shape index (κ3) is 3.22. The molecule has 10 heteroatoms. The van der Waals surface area contributed by atoms with Crippen LogP contribution < -0.4 is 0 Å². The summed E-state index contributed by atoms with van der Waals surface area (Å²) in [6.07, 6.45) is 5.04. The van der Waals surface area contributed by atoms with Crippen molar-refractivity contribution in [3.05, 3.63) is 59.4 Å². The average molecular weight is 401 g/mol. The molecule has 0 fully saturated rings. The Labute approximate surface area is 161 Å². The number of pyridine rings is 1. The first kappa shape index (κ1) is 16.8. The van der Waals surface area contributed by atoms with E-state index < -0.39 is 0 Å². The summed E-state index contributed by atoms with van der Waals surface area (Å²) in [5.74, 6) is 1.42. The Bertz CT molecular complexity index is 1070. The molecule has 26 heavy (non-hydrogen) atoms. The van der Waals surface area contributed by atoms with Crippen molar-refractivity contribution in [3.8, 4) is 17.5 Å². The zero-order valence-electron chi connectivity index (χ0n) is 13.0. The molecule has 0 aliphatic rings. The lowest BCUT2D eigenvalue weighted by atomic mass is 10.2. The fraction of sp³-hybridized carbons (Fsp3) is 0.0625. The Morgan fingerprint density at radius 3 is 2.96 bits per heavy atom. The van der Waals surface area contributed by atoms with Gasteiger partial charge in [-0.25, -0.2) is 0 Å². The summed E-state index contributed by atoms with van der Waals surface area (Å²) in [5, 5.41) is 18.7. The van der Waals surface area contributed by atoms with Crippen molar-refractivity contribution >= 4 is 34.9 Å². The quantitative estimate of drug-likeness (QED) is 0.497. The van der Waals surface area contributed by atoms with Gasteiger partial charge in [-0.05, 0) is 47.6 Å². The standard InChI is InChI=1S/C16H9ClN6OS2/c17-13-12(7-18)15(26-22-13)25-16-21-20-14(10-3-1-5-19-8-10)23(16)9-11-4-2-6-24-11/h1-6,8H,9H2. The summed E-state index contributed by atoms with van der Waals surface area (Å²) < 4.78 is 12.1. The van der Waals surface area contributed by atoms with E-state index in [4.69, 9.17) is 16.0 Å². The molecule has 0 bridgehead atoms. The van der Waals surface area contributed by atoms with Gasteiger partial charge in [-0.1, -0.05) is 11.6 Å². The topological polar surface area (TPSA) is 93.4 Å². The molecule has 4 rings (SSSR count). The monoisotopic (exact) mass is 400 g/mol. The summed E-state index contributed by atoms with van der Waals surface area (Å²) in [6, 6.07) is 9.53. The van der Waals surface area contributed by atoms with Crippen molar-refractivity contribution in [2.75, 3.05) is 0 Å². The molecule has 128 valence electrons. The zero-order chi connectivity index (χ0) is 17.9. The first-order valence-electron chi connectivity index (χ1n) is 7.35. The normalized spacial score (nSPS) is 10.8. The van der Waals surface area contributed by atoms with E-state index in [2.05, 4.69) is 25.6 Å². The van der Waals surface area contributed by atoms with Crippen molar-refractivity contribution in [2.24, 2.45) is 0 Å². The van der Waals surface area contributed by atoms with Crippen LogP contribution in [-0.4, -0.2) is 24.1 Å². The Morgan fingerprint density at radius 2 is 2.23 bits per heavy atom. The molecule has 0 amide bonds. The minimum absolute atomic E-state index is 0.199. The highest BCUT2D eigenvalue weighted by atomic mass is 35.5. The van der Waals surface area contributed by atoms with Crippen LogP contribution in [0.25, 0.3) is 11.4 Å². The maximum absolute atomic E-state index is 9.28. The van der Waals surface area contributed by atoms with Crippen molar-refractivity contribution in [1.82, 2.24) is 24.1 Å². The first-order chi connectivity index (χ1) is 12.8. The number of halogens is 1. The van der Waals surface area contributed by atoms with Crippen LogP contribution in [0.2, 0.25) is 5.15 Å². The number of nitriles is 1. The molecule has 0 spiro atoms. The minimum Gasteiger partial charge on any atom is -0.467 e. The number of nitrogens with zero attached hydrogens (tertiary/aromatic N) is 6. The predicted octanol–water partition coefficient (Wildman–Crippen LogP) is 4.11. The molecular weight excluding hydrogens is 392 g/mol. The second-order valence-electron chi connectivity index (χ2n) is 5.06. The average Bonchev–Trinajstić information content (AvgIpc) is 3.39. The number of hydrogen-bond donors (Lipinski definition) is 0. The SMILES string of the molecule is N#Cc1c(Cl)nsc1Sc1nnc(-c2cccnc2)n1Cc1ccco1. The summed E-state index contributed by atoms with van der Waals surface area (Å²) >= 11 is 8.42. The largest absolute Gasteiger partial charge is 0.467 e. The first-order valence-corrected chi connectivity index (χ1v) is 9.32. The molecule has 0 aliphatic heterocycles. The van der Waals surface area contributed by atoms with Gasteiger partial charge in [0, 0.05) is 18.0 Å². The van der Waals surface area contributed by atoms with E-state index in [0.29, 0.717) is 27.3 Å². The van der Waals surface area contributed by atoms with Gasteiger partial charge in [0.15, 0.2) is 16.1 Å².